The summed E-state index contributed by atoms with van der Waals surface area (Å²) in [6.07, 6.45) is 3.30. The minimum absolute atomic E-state index is 0.334. The molecule has 2 aromatic rings. The Morgan fingerprint density at radius 1 is 1.13 bits per heavy atom. The number of likely N-dealkylation sites (N-methyl/N-ethyl adjacent to an activating group) is 1. The van der Waals surface area contributed by atoms with Crippen LogP contribution in [0.3, 0.4) is 0 Å². The largest absolute Gasteiger partial charge is 0.465 e. The van der Waals surface area contributed by atoms with E-state index in [1.165, 1.54) is 0 Å². The molecule has 0 atom stereocenters. The highest BCUT2D eigenvalue weighted by molar-refractivity contribution is 6.21. The van der Waals surface area contributed by atoms with Gasteiger partial charge in [0, 0.05) is 6.54 Å². The molecule has 1 heterocycles. The smallest absolute Gasteiger partial charge is 0.338 e. The summed E-state index contributed by atoms with van der Waals surface area (Å²) in [5.74, 6) is 0.296. The van der Waals surface area contributed by atoms with Crippen molar-refractivity contribution in [1.29, 1.82) is 0 Å². The molecule has 0 unspecified atom stereocenters. The van der Waals surface area contributed by atoms with Gasteiger partial charge in [0.2, 0.25) is 0 Å². The number of esters is 1. The standard InChI is InChI=1S/C19H23NO3/c1-3-20(4-2)12-14-23-19(21)18(15-17-11-8-13-22-17)16-9-6-5-7-10-16/h5-11,13,15H,3-4,12,14H2,1-2H3/b18-15-. The van der Waals surface area contributed by atoms with Crippen molar-refractivity contribution in [2.24, 2.45) is 0 Å². The molecule has 0 saturated heterocycles. The van der Waals surface area contributed by atoms with Crippen LogP contribution in [-0.2, 0) is 9.53 Å². The first kappa shape index (κ1) is 17.0. The van der Waals surface area contributed by atoms with Crippen molar-refractivity contribution in [1.82, 2.24) is 4.90 Å². The van der Waals surface area contributed by atoms with Crippen LogP contribution in [0.5, 0.6) is 0 Å². The van der Waals surface area contributed by atoms with Gasteiger partial charge in [0.1, 0.15) is 12.4 Å². The van der Waals surface area contributed by atoms with Gasteiger partial charge in [-0.2, -0.15) is 0 Å². The number of nitrogens with zero attached hydrogens (tertiary/aromatic N) is 1. The summed E-state index contributed by atoms with van der Waals surface area (Å²) in [5, 5.41) is 0. The number of ether oxygens (including phenoxy) is 1. The first-order valence-corrected chi connectivity index (χ1v) is 7.94. The third-order valence-electron chi connectivity index (χ3n) is 3.67. The van der Waals surface area contributed by atoms with Crippen molar-refractivity contribution in [2.75, 3.05) is 26.2 Å². The Balaban J connectivity index is 2.10. The average Bonchev–Trinajstić information content (AvgIpc) is 3.10. The van der Waals surface area contributed by atoms with Crippen LogP contribution in [0.4, 0.5) is 0 Å². The number of hydrogen-bond acceptors (Lipinski definition) is 4. The van der Waals surface area contributed by atoms with Crippen LogP contribution in [0.2, 0.25) is 0 Å². The zero-order valence-electron chi connectivity index (χ0n) is 13.7. The van der Waals surface area contributed by atoms with Crippen LogP contribution in [0.25, 0.3) is 11.6 Å². The highest BCUT2D eigenvalue weighted by Gasteiger charge is 2.14. The predicted octanol–water partition coefficient (Wildman–Crippen LogP) is 3.71. The monoisotopic (exact) mass is 313 g/mol. The molecule has 0 aliphatic carbocycles. The first-order valence-electron chi connectivity index (χ1n) is 7.94. The molecule has 1 aromatic carbocycles. The highest BCUT2D eigenvalue weighted by Crippen LogP contribution is 2.20. The maximum absolute atomic E-state index is 12.5. The predicted molar refractivity (Wildman–Crippen MR) is 91.8 cm³/mol. The second kappa shape index (κ2) is 8.96. The zero-order valence-corrected chi connectivity index (χ0v) is 13.7. The molecule has 4 nitrogen and oxygen atoms in total. The normalized spacial score (nSPS) is 11.7. The molecule has 4 heteroatoms. The number of benzene rings is 1. The average molecular weight is 313 g/mol. The zero-order chi connectivity index (χ0) is 16.5. The Bertz CT molecular complexity index is 613. The molecule has 0 aliphatic rings. The molecule has 0 amide bonds. The number of hydrogen-bond donors (Lipinski definition) is 0. The Labute approximate surface area is 137 Å². The molecule has 0 aliphatic heterocycles. The minimum atomic E-state index is -0.334. The Hall–Kier alpha value is -2.33. The van der Waals surface area contributed by atoms with Gasteiger partial charge in [0.25, 0.3) is 0 Å². The Kier molecular flexibility index (Phi) is 6.63. The molecule has 122 valence electrons. The Morgan fingerprint density at radius 2 is 1.87 bits per heavy atom. The topological polar surface area (TPSA) is 42.7 Å². The molecule has 0 saturated carbocycles. The van der Waals surface area contributed by atoms with E-state index in [1.54, 1.807) is 18.4 Å². The van der Waals surface area contributed by atoms with Crippen molar-refractivity contribution in [3.8, 4) is 0 Å². The quantitative estimate of drug-likeness (QED) is 0.550. The van der Waals surface area contributed by atoms with E-state index in [1.807, 2.05) is 36.4 Å². The fraction of sp³-hybridized carbons (Fsp3) is 0.316. The summed E-state index contributed by atoms with van der Waals surface area (Å²) in [6, 6.07) is 13.1. The number of carbonyl (C=O) groups excluding carboxylic acids is 1. The van der Waals surface area contributed by atoms with Crippen molar-refractivity contribution in [2.45, 2.75) is 13.8 Å². The maximum Gasteiger partial charge on any atom is 0.338 e. The molecule has 0 N–H and O–H groups in total. The number of rotatable bonds is 8. The summed E-state index contributed by atoms with van der Waals surface area (Å²) < 4.78 is 10.8. The highest BCUT2D eigenvalue weighted by atomic mass is 16.5. The second-order valence-corrected chi connectivity index (χ2v) is 5.10. The molecule has 0 bridgehead atoms. The van der Waals surface area contributed by atoms with Gasteiger partial charge in [-0.3, -0.25) is 0 Å². The van der Waals surface area contributed by atoms with E-state index in [9.17, 15) is 4.79 Å². The third kappa shape index (κ3) is 5.11. The second-order valence-electron chi connectivity index (χ2n) is 5.10. The molecule has 0 spiro atoms. The number of carbonyl (C=O) groups is 1. The number of furan rings is 1. The van der Waals surface area contributed by atoms with E-state index in [0.717, 1.165) is 25.2 Å². The van der Waals surface area contributed by atoms with Gasteiger partial charge >= 0.3 is 5.97 Å². The summed E-state index contributed by atoms with van der Waals surface area (Å²) in [5.41, 5.74) is 1.32. The summed E-state index contributed by atoms with van der Waals surface area (Å²) in [6.45, 7) is 7.20. The van der Waals surface area contributed by atoms with Crippen molar-refractivity contribution < 1.29 is 13.9 Å². The molecule has 0 radical (unpaired) electrons. The van der Waals surface area contributed by atoms with Crippen LogP contribution < -0.4 is 0 Å². The fourth-order valence-electron chi connectivity index (χ4n) is 2.28. The van der Waals surface area contributed by atoms with Crippen molar-refractivity contribution in [3.05, 3.63) is 60.1 Å². The van der Waals surface area contributed by atoms with E-state index in [-0.39, 0.29) is 5.97 Å². The van der Waals surface area contributed by atoms with Crippen molar-refractivity contribution >= 4 is 17.6 Å². The fourth-order valence-corrected chi connectivity index (χ4v) is 2.28. The maximum atomic E-state index is 12.5. The third-order valence-corrected chi connectivity index (χ3v) is 3.67. The van der Waals surface area contributed by atoms with Crippen LogP contribution in [0.1, 0.15) is 25.2 Å². The summed E-state index contributed by atoms with van der Waals surface area (Å²) in [7, 11) is 0. The lowest BCUT2D eigenvalue weighted by molar-refractivity contribution is -0.136. The van der Waals surface area contributed by atoms with Gasteiger partial charge in [-0.05, 0) is 36.9 Å². The van der Waals surface area contributed by atoms with Gasteiger partial charge in [0.05, 0.1) is 11.8 Å². The van der Waals surface area contributed by atoms with E-state index in [2.05, 4.69) is 18.7 Å². The minimum Gasteiger partial charge on any atom is -0.465 e. The molecular formula is C19H23NO3. The lowest BCUT2D eigenvalue weighted by Gasteiger charge is -2.17. The van der Waals surface area contributed by atoms with Gasteiger partial charge in [-0.25, -0.2) is 4.79 Å². The van der Waals surface area contributed by atoms with Crippen LogP contribution in [0, 0.1) is 0 Å². The molecule has 1 aromatic heterocycles. The van der Waals surface area contributed by atoms with Gasteiger partial charge < -0.3 is 14.1 Å². The Morgan fingerprint density at radius 3 is 2.48 bits per heavy atom. The van der Waals surface area contributed by atoms with E-state index >= 15 is 0 Å². The lowest BCUT2D eigenvalue weighted by Crippen LogP contribution is -2.28. The van der Waals surface area contributed by atoms with Crippen LogP contribution in [0.15, 0.2) is 53.1 Å². The van der Waals surface area contributed by atoms with E-state index in [4.69, 9.17) is 9.15 Å². The van der Waals surface area contributed by atoms with Gasteiger partial charge in [-0.15, -0.1) is 0 Å². The first-order chi connectivity index (χ1) is 11.2. The SMILES string of the molecule is CCN(CC)CCOC(=O)/C(=C\c1ccco1)c1ccccc1. The lowest BCUT2D eigenvalue weighted by atomic mass is 10.1. The summed E-state index contributed by atoms with van der Waals surface area (Å²) >= 11 is 0. The van der Waals surface area contributed by atoms with Gasteiger partial charge in [0.15, 0.2) is 0 Å². The molecule has 23 heavy (non-hydrogen) atoms. The molecule has 0 fully saturated rings. The van der Waals surface area contributed by atoms with Gasteiger partial charge in [-0.1, -0.05) is 44.2 Å². The van der Waals surface area contributed by atoms with Crippen molar-refractivity contribution in [3.63, 3.8) is 0 Å². The van der Waals surface area contributed by atoms with Crippen LogP contribution in [-0.4, -0.2) is 37.1 Å². The molecular weight excluding hydrogens is 290 g/mol. The molecule has 2 rings (SSSR count). The van der Waals surface area contributed by atoms with E-state index in [0.29, 0.717) is 17.9 Å². The van der Waals surface area contributed by atoms with Crippen LogP contribution >= 0.6 is 0 Å². The van der Waals surface area contributed by atoms with E-state index < -0.39 is 0 Å². The summed E-state index contributed by atoms with van der Waals surface area (Å²) in [4.78, 5) is 14.7.